The standard InChI is InChI=1S/C24H24N2O4/c1-28-20-10-4-17(5-11-20)16-25-23(18-6-12-21(29-2)13-7-18)26-24(27)19-8-14-22(30-3)15-9-19/h4-16,23H,1-3H3,(H,26,27)/b25-16+. The highest BCUT2D eigenvalue weighted by molar-refractivity contribution is 5.94. The van der Waals surface area contributed by atoms with Gasteiger partial charge < -0.3 is 19.5 Å². The average molecular weight is 404 g/mol. The lowest BCUT2D eigenvalue weighted by molar-refractivity contribution is 0.0938. The van der Waals surface area contributed by atoms with Crippen molar-refractivity contribution in [3.8, 4) is 17.2 Å². The van der Waals surface area contributed by atoms with Gasteiger partial charge in [-0.15, -0.1) is 0 Å². The van der Waals surface area contributed by atoms with Crippen LogP contribution in [-0.2, 0) is 0 Å². The van der Waals surface area contributed by atoms with E-state index in [0.29, 0.717) is 11.3 Å². The van der Waals surface area contributed by atoms with Gasteiger partial charge in [-0.3, -0.25) is 9.79 Å². The summed E-state index contributed by atoms with van der Waals surface area (Å²) >= 11 is 0. The number of hydrogen-bond acceptors (Lipinski definition) is 5. The van der Waals surface area contributed by atoms with Gasteiger partial charge in [-0.25, -0.2) is 0 Å². The number of rotatable bonds is 8. The van der Waals surface area contributed by atoms with Gasteiger partial charge in [0.15, 0.2) is 0 Å². The Labute approximate surface area is 176 Å². The van der Waals surface area contributed by atoms with Gasteiger partial charge in [-0.1, -0.05) is 12.1 Å². The molecule has 6 nitrogen and oxygen atoms in total. The lowest BCUT2D eigenvalue weighted by atomic mass is 10.1. The number of carbonyl (C=O) groups excluding carboxylic acids is 1. The first-order valence-corrected chi connectivity index (χ1v) is 9.39. The maximum atomic E-state index is 12.8. The largest absolute Gasteiger partial charge is 0.497 e. The summed E-state index contributed by atoms with van der Waals surface area (Å²) < 4.78 is 15.6. The van der Waals surface area contributed by atoms with Gasteiger partial charge in [-0.2, -0.15) is 0 Å². The second kappa shape index (κ2) is 10.1. The third kappa shape index (κ3) is 5.38. The van der Waals surface area contributed by atoms with Crippen molar-refractivity contribution >= 4 is 12.1 Å². The molecule has 3 rings (SSSR count). The molecule has 1 atom stereocenters. The van der Waals surface area contributed by atoms with E-state index >= 15 is 0 Å². The Morgan fingerprint density at radius 1 is 0.767 bits per heavy atom. The van der Waals surface area contributed by atoms with Crippen LogP contribution < -0.4 is 19.5 Å². The minimum Gasteiger partial charge on any atom is -0.497 e. The van der Waals surface area contributed by atoms with Gasteiger partial charge in [0.05, 0.1) is 21.3 Å². The second-order valence-corrected chi connectivity index (χ2v) is 6.43. The topological polar surface area (TPSA) is 69.2 Å². The zero-order chi connectivity index (χ0) is 21.3. The highest BCUT2D eigenvalue weighted by Gasteiger charge is 2.15. The Morgan fingerprint density at radius 3 is 1.73 bits per heavy atom. The molecular weight excluding hydrogens is 380 g/mol. The van der Waals surface area contributed by atoms with Crippen LogP contribution in [-0.4, -0.2) is 33.5 Å². The van der Waals surface area contributed by atoms with Crippen LogP contribution >= 0.6 is 0 Å². The minimum atomic E-state index is -0.562. The quantitative estimate of drug-likeness (QED) is 0.570. The fourth-order valence-electron chi connectivity index (χ4n) is 2.79. The zero-order valence-electron chi connectivity index (χ0n) is 17.2. The molecule has 0 bridgehead atoms. The van der Waals surface area contributed by atoms with Crippen LogP contribution in [0.25, 0.3) is 0 Å². The Hall–Kier alpha value is -3.80. The molecule has 1 N–H and O–H groups in total. The molecule has 1 unspecified atom stereocenters. The summed E-state index contributed by atoms with van der Waals surface area (Å²) in [5, 5.41) is 2.97. The highest BCUT2D eigenvalue weighted by atomic mass is 16.5. The average Bonchev–Trinajstić information content (AvgIpc) is 2.82. The van der Waals surface area contributed by atoms with Crippen molar-refractivity contribution in [1.82, 2.24) is 5.32 Å². The normalized spacial score (nSPS) is 11.7. The lowest BCUT2D eigenvalue weighted by Crippen LogP contribution is -2.27. The molecule has 0 saturated heterocycles. The van der Waals surface area contributed by atoms with Crippen LogP contribution in [0.5, 0.6) is 17.2 Å². The van der Waals surface area contributed by atoms with Crippen LogP contribution in [0.3, 0.4) is 0 Å². The molecule has 0 aromatic heterocycles. The predicted octanol–water partition coefficient (Wildman–Crippen LogP) is 4.26. The molecule has 0 saturated carbocycles. The summed E-state index contributed by atoms with van der Waals surface area (Å²) in [4.78, 5) is 17.4. The first-order valence-electron chi connectivity index (χ1n) is 9.39. The smallest absolute Gasteiger partial charge is 0.253 e. The lowest BCUT2D eigenvalue weighted by Gasteiger charge is -2.16. The summed E-state index contributed by atoms with van der Waals surface area (Å²) in [7, 11) is 4.82. The van der Waals surface area contributed by atoms with E-state index in [1.54, 1.807) is 51.8 Å². The van der Waals surface area contributed by atoms with Crippen molar-refractivity contribution < 1.29 is 19.0 Å². The first kappa shape index (κ1) is 20.9. The van der Waals surface area contributed by atoms with Gasteiger partial charge in [0.1, 0.15) is 23.4 Å². The van der Waals surface area contributed by atoms with Gasteiger partial charge >= 0.3 is 0 Å². The fourth-order valence-corrected chi connectivity index (χ4v) is 2.79. The van der Waals surface area contributed by atoms with Gasteiger partial charge in [0.2, 0.25) is 0 Å². The molecule has 6 heteroatoms. The van der Waals surface area contributed by atoms with Crippen molar-refractivity contribution in [1.29, 1.82) is 0 Å². The van der Waals surface area contributed by atoms with Crippen LogP contribution in [0.1, 0.15) is 27.7 Å². The van der Waals surface area contributed by atoms with Crippen LogP contribution in [0, 0.1) is 0 Å². The number of nitrogens with one attached hydrogen (secondary N) is 1. The summed E-state index contributed by atoms with van der Waals surface area (Å²) in [6.07, 6.45) is 1.16. The number of carbonyl (C=O) groups is 1. The molecule has 1 amide bonds. The number of nitrogens with zero attached hydrogens (tertiary/aromatic N) is 1. The molecular formula is C24H24N2O4. The van der Waals surface area contributed by atoms with Crippen molar-refractivity contribution in [2.45, 2.75) is 6.17 Å². The molecule has 3 aromatic rings. The van der Waals surface area contributed by atoms with E-state index in [0.717, 1.165) is 22.6 Å². The Kier molecular flexibility index (Phi) is 7.05. The molecule has 0 fully saturated rings. The number of aliphatic imine (C=N–C) groups is 1. The number of benzene rings is 3. The number of hydrogen-bond donors (Lipinski definition) is 1. The van der Waals surface area contributed by atoms with Crippen LogP contribution in [0.15, 0.2) is 77.8 Å². The number of ether oxygens (including phenoxy) is 3. The maximum Gasteiger partial charge on any atom is 0.253 e. The minimum absolute atomic E-state index is 0.231. The van der Waals surface area contributed by atoms with Crippen molar-refractivity contribution in [2.75, 3.05) is 21.3 Å². The summed E-state index contributed by atoms with van der Waals surface area (Å²) in [6.45, 7) is 0. The fraction of sp³-hybridized carbons (Fsp3) is 0.167. The van der Waals surface area contributed by atoms with E-state index in [2.05, 4.69) is 10.3 Å². The third-order valence-electron chi connectivity index (χ3n) is 4.54. The van der Waals surface area contributed by atoms with Crippen molar-refractivity contribution in [3.05, 3.63) is 89.5 Å². The Bertz CT molecular complexity index is 981. The van der Waals surface area contributed by atoms with Crippen LogP contribution in [0.4, 0.5) is 0 Å². The van der Waals surface area contributed by atoms with E-state index in [-0.39, 0.29) is 5.91 Å². The molecule has 0 aliphatic rings. The molecule has 0 aliphatic carbocycles. The van der Waals surface area contributed by atoms with E-state index < -0.39 is 6.17 Å². The Morgan fingerprint density at radius 2 is 1.23 bits per heavy atom. The van der Waals surface area contributed by atoms with E-state index in [9.17, 15) is 4.79 Å². The molecule has 0 aliphatic heterocycles. The molecule has 3 aromatic carbocycles. The molecule has 154 valence electrons. The zero-order valence-corrected chi connectivity index (χ0v) is 17.2. The molecule has 30 heavy (non-hydrogen) atoms. The molecule has 0 heterocycles. The monoisotopic (exact) mass is 404 g/mol. The second-order valence-electron chi connectivity index (χ2n) is 6.43. The predicted molar refractivity (Wildman–Crippen MR) is 117 cm³/mol. The van der Waals surface area contributed by atoms with E-state index in [1.807, 2.05) is 48.5 Å². The first-order chi connectivity index (χ1) is 14.6. The van der Waals surface area contributed by atoms with Crippen molar-refractivity contribution in [2.24, 2.45) is 4.99 Å². The molecule has 0 radical (unpaired) electrons. The third-order valence-corrected chi connectivity index (χ3v) is 4.54. The number of amides is 1. The van der Waals surface area contributed by atoms with E-state index in [4.69, 9.17) is 14.2 Å². The highest BCUT2D eigenvalue weighted by Crippen LogP contribution is 2.20. The molecule has 0 spiro atoms. The van der Waals surface area contributed by atoms with Crippen LogP contribution in [0.2, 0.25) is 0 Å². The van der Waals surface area contributed by atoms with Crippen molar-refractivity contribution in [3.63, 3.8) is 0 Å². The van der Waals surface area contributed by atoms with Gasteiger partial charge in [-0.05, 0) is 71.8 Å². The maximum absolute atomic E-state index is 12.8. The Balaban J connectivity index is 1.83. The van der Waals surface area contributed by atoms with Gasteiger partial charge in [0, 0.05) is 11.8 Å². The summed E-state index contributed by atoms with van der Waals surface area (Å²) in [5.41, 5.74) is 2.25. The number of methoxy groups -OCH3 is 3. The van der Waals surface area contributed by atoms with E-state index in [1.165, 1.54) is 0 Å². The summed E-state index contributed by atoms with van der Waals surface area (Å²) in [5.74, 6) is 1.96. The summed E-state index contributed by atoms with van der Waals surface area (Å²) in [6, 6.07) is 21.9. The SMILES string of the molecule is COc1ccc(/C=N/C(NC(=O)c2ccc(OC)cc2)c2ccc(OC)cc2)cc1. The van der Waals surface area contributed by atoms with Gasteiger partial charge in [0.25, 0.3) is 5.91 Å².